The SMILES string of the molecule is COc1ccc2c(c1)CC[C@H]1[C@@H]2CC[C@]2(C)C(=O)[C@@H](n3cnc4c(SC)ncnc43)C[C@@H]12. The molecule has 0 N–H and O–H groups in total. The average molecular weight is 449 g/mol. The second-order valence-corrected chi connectivity index (χ2v) is 10.6. The van der Waals surface area contributed by atoms with E-state index in [0.29, 0.717) is 23.5 Å². The van der Waals surface area contributed by atoms with Gasteiger partial charge in [0.05, 0.1) is 19.5 Å². The molecule has 1 aromatic carbocycles. The number of benzene rings is 1. The number of rotatable bonds is 3. The monoisotopic (exact) mass is 448 g/mol. The van der Waals surface area contributed by atoms with Gasteiger partial charge in [-0.15, -0.1) is 11.8 Å². The van der Waals surface area contributed by atoms with Crippen LogP contribution in [-0.2, 0) is 11.2 Å². The highest BCUT2D eigenvalue weighted by Crippen LogP contribution is 2.61. The molecule has 166 valence electrons. The van der Waals surface area contributed by atoms with Crippen LogP contribution in [0.2, 0.25) is 0 Å². The summed E-state index contributed by atoms with van der Waals surface area (Å²) in [5, 5.41) is 0.863. The molecular formula is C25H28N4O2S. The maximum absolute atomic E-state index is 13.8. The third-order valence-corrected chi connectivity index (χ3v) is 9.21. The van der Waals surface area contributed by atoms with Crippen LogP contribution in [0.15, 0.2) is 35.9 Å². The number of hydrogen-bond acceptors (Lipinski definition) is 6. The Morgan fingerprint density at radius 1 is 1.22 bits per heavy atom. The van der Waals surface area contributed by atoms with Crippen LogP contribution in [-0.4, -0.2) is 38.7 Å². The summed E-state index contributed by atoms with van der Waals surface area (Å²) in [6.45, 7) is 2.22. The minimum absolute atomic E-state index is 0.185. The number of aromatic nitrogens is 4. The Morgan fingerprint density at radius 3 is 2.91 bits per heavy atom. The van der Waals surface area contributed by atoms with E-state index in [9.17, 15) is 4.79 Å². The van der Waals surface area contributed by atoms with Crippen LogP contribution in [0.1, 0.15) is 55.7 Å². The molecular weight excluding hydrogens is 420 g/mol. The van der Waals surface area contributed by atoms with E-state index in [1.54, 1.807) is 25.2 Å². The predicted octanol–water partition coefficient (Wildman–Crippen LogP) is 4.83. The molecule has 0 aliphatic heterocycles. The van der Waals surface area contributed by atoms with E-state index in [1.807, 2.05) is 17.2 Å². The maximum Gasteiger partial charge on any atom is 0.165 e. The number of imidazole rings is 1. The average Bonchev–Trinajstić information content (AvgIpc) is 3.37. The minimum atomic E-state index is -0.262. The van der Waals surface area contributed by atoms with Gasteiger partial charge in [0.15, 0.2) is 11.4 Å². The van der Waals surface area contributed by atoms with Crippen LogP contribution in [0, 0.1) is 17.3 Å². The smallest absolute Gasteiger partial charge is 0.165 e. The largest absolute Gasteiger partial charge is 0.497 e. The zero-order valence-electron chi connectivity index (χ0n) is 18.7. The lowest BCUT2D eigenvalue weighted by atomic mass is 9.55. The summed E-state index contributed by atoms with van der Waals surface area (Å²) >= 11 is 1.56. The zero-order chi connectivity index (χ0) is 22.0. The molecule has 0 bridgehead atoms. The van der Waals surface area contributed by atoms with Crippen molar-refractivity contribution in [3.63, 3.8) is 0 Å². The van der Waals surface area contributed by atoms with Gasteiger partial charge in [-0.3, -0.25) is 4.79 Å². The molecule has 0 spiro atoms. The highest BCUT2D eigenvalue weighted by atomic mass is 32.2. The first kappa shape index (κ1) is 20.2. The first-order valence-corrected chi connectivity index (χ1v) is 12.7. The van der Waals surface area contributed by atoms with Gasteiger partial charge in [0, 0.05) is 5.41 Å². The fourth-order valence-electron chi connectivity index (χ4n) is 6.92. The highest BCUT2D eigenvalue weighted by molar-refractivity contribution is 7.98. The summed E-state index contributed by atoms with van der Waals surface area (Å²) < 4.78 is 7.48. The van der Waals surface area contributed by atoms with Crippen molar-refractivity contribution in [1.82, 2.24) is 19.5 Å². The number of thioether (sulfide) groups is 1. The number of fused-ring (bicyclic) bond motifs is 6. The quantitative estimate of drug-likeness (QED) is 0.422. The minimum Gasteiger partial charge on any atom is -0.497 e. The van der Waals surface area contributed by atoms with Crippen molar-refractivity contribution < 1.29 is 9.53 Å². The van der Waals surface area contributed by atoms with Crippen LogP contribution in [0.4, 0.5) is 0 Å². The molecule has 6 nitrogen and oxygen atoms in total. The molecule has 2 fully saturated rings. The molecule has 6 rings (SSSR count). The van der Waals surface area contributed by atoms with Crippen molar-refractivity contribution in [2.45, 2.75) is 56.0 Å². The Morgan fingerprint density at radius 2 is 2.09 bits per heavy atom. The van der Waals surface area contributed by atoms with Crippen molar-refractivity contribution in [3.05, 3.63) is 42.0 Å². The lowest BCUT2D eigenvalue weighted by molar-refractivity contribution is -0.131. The van der Waals surface area contributed by atoms with Crippen molar-refractivity contribution >= 4 is 28.7 Å². The Labute approximate surface area is 192 Å². The highest BCUT2D eigenvalue weighted by Gasteiger charge is 2.58. The van der Waals surface area contributed by atoms with E-state index >= 15 is 0 Å². The molecule has 5 atom stereocenters. The third kappa shape index (κ3) is 2.73. The van der Waals surface area contributed by atoms with Gasteiger partial charge in [0.1, 0.15) is 22.6 Å². The van der Waals surface area contributed by atoms with Gasteiger partial charge >= 0.3 is 0 Å². The van der Waals surface area contributed by atoms with E-state index in [-0.39, 0.29) is 11.5 Å². The molecule has 0 saturated heterocycles. The van der Waals surface area contributed by atoms with Gasteiger partial charge in [-0.05, 0) is 79.4 Å². The van der Waals surface area contributed by atoms with Crippen molar-refractivity contribution in [3.8, 4) is 5.75 Å². The number of hydrogen-bond donors (Lipinski definition) is 0. The molecule has 2 heterocycles. The van der Waals surface area contributed by atoms with Crippen LogP contribution in [0.25, 0.3) is 11.2 Å². The number of carbonyl (C=O) groups is 1. The summed E-state index contributed by atoms with van der Waals surface area (Å²) in [6.07, 6.45) is 10.5. The topological polar surface area (TPSA) is 69.9 Å². The van der Waals surface area contributed by atoms with Gasteiger partial charge in [-0.2, -0.15) is 0 Å². The number of carbonyl (C=O) groups excluding carboxylic acids is 1. The van der Waals surface area contributed by atoms with Crippen molar-refractivity contribution in [1.29, 1.82) is 0 Å². The summed E-state index contributed by atoms with van der Waals surface area (Å²) in [5.41, 5.74) is 4.22. The van der Waals surface area contributed by atoms with Crippen LogP contribution < -0.4 is 4.74 Å². The van der Waals surface area contributed by atoms with Crippen molar-refractivity contribution in [2.75, 3.05) is 13.4 Å². The number of ether oxygens (including phenoxy) is 1. The molecule has 0 radical (unpaired) electrons. The van der Waals surface area contributed by atoms with Crippen LogP contribution >= 0.6 is 11.8 Å². The number of nitrogens with zero attached hydrogens (tertiary/aromatic N) is 4. The predicted molar refractivity (Wildman–Crippen MR) is 124 cm³/mol. The molecule has 3 aliphatic carbocycles. The standard InChI is InChI=1S/C25H28N4O2S/c1-25-9-8-17-16-7-5-15(31-2)10-14(16)4-6-18(17)19(25)11-20(22(25)30)29-13-28-21-23(29)26-12-27-24(21)32-3/h5,7,10,12-13,17-20H,4,6,8-9,11H2,1-3H3/t17-,18+,19+,20+,25+/m1/s1. The Kier molecular flexibility index (Phi) is 4.61. The molecule has 3 aromatic rings. The Balaban J connectivity index is 1.36. The van der Waals surface area contributed by atoms with E-state index in [2.05, 4.69) is 40.1 Å². The Hall–Kier alpha value is -2.41. The maximum atomic E-state index is 13.8. The van der Waals surface area contributed by atoms with Gasteiger partial charge in [0.25, 0.3) is 0 Å². The number of methoxy groups -OCH3 is 1. The molecule has 32 heavy (non-hydrogen) atoms. The van der Waals surface area contributed by atoms with Gasteiger partial charge < -0.3 is 9.30 Å². The summed E-state index contributed by atoms with van der Waals surface area (Å²) in [5.74, 6) is 2.80. The van der Waals surface area contributed by atoms with E-state index in [4.69, 9.17) is 4.74 Å². The van der Waals surface area contributed by atoms with Crippen molar-refractivity contribution in [2.24, 2.45) is 17.3 Å². The molecule has 0 amide bonds. The normalized spacial score (nSPS) is 31.3. The fourth-order valence-corrected chi connectivity index (χ4v) is 7.41. The second-order valence-electron chi connectivity index (χ2n) is 9.76. The Bertz CT molecular complexity index is 1220. The zero-order valence-corrected chi connectivity index (χ0v) is 19.6. The summed E-state index contributed by atoms with van der Waals surface area (Å²) in [6, 6.07) is 6.39. The third-order valence-electron chi connectivity index (χ3n) is 8.52. The second kappa shape index (κ2) is 7.30. The summed E-state index contributed by atoms with van der Waals surface area (Å²) in [4.78, 5) is 27.3. The van der Waals surface area contributed by atoms with E-state index < -0.39 is 0 Å². The molecule has 3 aliphatic rings. The van der Waals surface area contributed by atoms with Crippen LogP contribution in [0.5, 0.6) is 5.75 Å². The molecule has 0 unspecified atom stereocenters. The van der Waals surface area contributed by atoms with E-state index in [1.165, 1.54) is 11.1 Å². The first-order chi connectivity index (χ1) is 15.5. The molecule has 7 heteroatoms. The van der Waals surface area contributed by atoms with Gasteiger partial charge in [-0.1, -0.05) is 13.0 Å². The van der Waals surface area contributed by atoms with Gasteiger partial charge in [-0.25, -0.2) is 15.0 Å². The molecule has 2 saturated carbocycles. The molecule has 2 aromatic heterocycles. The number of Topliss-reactive ketones (excluding diaryl/α,β-unsaturated/α-hetero) is 1. The van der Waals surface area contributed by atoms with E-state index in [0.717, 1.165) is 54.0 Å². The fraction of sp³-hybridized carbons (Fsp3) is 0.520. The number of aryl methyl sites for hydroxylation is 1. The lowest BCUT2D eigenvalue weighted by Gasteiger charge is -2.48. The first-order valence-electron chi connectivity index (χ1n) is 11.5. The summed E-state index contributed by atoms with van der Waals surface area (Å²) in [7, 11) is 1.73. The van der Waals surface area contributed by atoms with Crippen LogP contribution in [0.3, 0.4) is 0 Å². The lowest BCUT2D eigenvalue weighted by Crippen LogP contribution is -2.42. The van der Waals surface area contributed by atoms with Gasteiger partial charge in [0.2, 0.25) is 0 Å². The number of ketones is 1.